The van der Waals surface area contributed by atoms with Crippen molar-refractivity contribution >= 4 is 15.7 Å². The van der Waals surface area contributed by atoms with Crippen LogP contribution in [0.25, 0.3) is 0 Å². The minimum Gasteiger partial charge on any atom is -0.266 e. The van der Waals surface area contributed by atoms with Gasteiger partial charge in [0.1, 0.15) is 0 Å². The summed E-state index contributed by atoms with van der Waals surface area (Å²) in [5, 5.41) is 0. The predicted molar refractivity (Wildman–Crippen MR) is 111 cm³/mol. The molecule has 2 aromatic rings. The first-order valence-corrected chi connectivity index (χ1v) is 12.2. The average molecular weight is 394 g/mol. The summed E-state index contributed by atoms with van der Waals surface area (Å²) in [6, 6.07) is 15.8. The maximum Gasteiger partial charge on any atom is 0.264 e. The van der Waals surface area contributed by atoms with Gasteiger partial charge in [0.05, 0.1) is 10.6 Å². The number of benzene rings is 2. The molecule has 4 fully saturated rings. The maximum atomic E-state index is 13.3. The lowest BCUT2D eigenvalue weighted by Crippen LogP contribution is -2.48. The molecule has 146 valence electrons. The van der Waals surface area contributed by atoms with Crippen LogP contribution in [0.3, 0.4) is 0 Å². The third-order valence-corrected chi connectivity index (χ3v) is 9.76. The number of para-hydroxylation sites is 1. The van der Waals surface area contributed by atoms with Crippen molar-refractivity contribution < 1.29 is 8.42 Å². The fourth-order valence-electron chi connectivity index (χ4n) is 7.13. The summed E-state index contributed by atoms with van der Waals surface area (Å²) in [6.45, 7) is 0.540. The number of hydrogen-bond donors (Lipinski definition) is 0. The highest BCUT2D eigenvalue weighted by Gasteiger charge is 2.51. The van der Waals surface area contributed by atoms with Gasteiger partial charge in [0.25, 0.3) is 10.0 Å². The SMILES string of the molecule is O=S(=O)(c1ccc(C23CC4CC(CC(C4)C2)C3)cc1)N1CCc2ccccc21. The van der Waals surface area contributed by atoms with Crippen molar-refractivity contribution in [1.29, 1.82) is 0 Å². The Morgan fingerprint density at radius 1 is 0.821 bits per heavy atom. The summed E-state index contributed by atoms with van der Waals surface area (Å²) in [4.78, 5) is 0.428. The van der Waals surface area contributed by atoms with Crippen LogP contribution in [-0.2, 0) is 21.9 Å². The molecule has 0 spiro atoms. The Labute approximate surface area is 167 Å². The molecule has 3 nitrogen and oxygen atoms in total. The topological polar surface area (TPSA) is 37.4 Å². The van der Waals surface area contributed by atoms with Crippen LogP contribution < -0.4 is 4.31 Å². The van der Waals surface area contributed by atoms with E-state index in [1.54, 1.807) is 4.31 Å². The summed E-state index contributed by atoms with van der Waals surface area (Å²) in [7, 11) is -3.49. The van der Waals surface area contributed by atoms with Crippen LogP contribution in [-0.4, -0.2) is 15.0 Å². The van der Waals surface area contributed by atoms with Gasteiger partial charge >= 0.3 is 0 Å². The van der Waals surface area contributed by atoms with Gasteiger partial charge in [0.15, 0.2) is 0 Å². The molecule has 5 aliphatic rings. The van der Waals surface area contributed by atoms with E-state index in [1.165, 1.54) is 44.1 Å². The van der Waals surface area contributed by atoms with Gasteiger partial charge in [-0.1, -0.05) is 30.3 Å². The van der Waals surface area contributed by atoms with Crippen molar-refractivity contribution in [3.05, 3.63) is 59.7 Å². The van der Waals surface area contributed by atoms with Crippen molar-refractivity contribution in [2.75, 3.05) is 10.8 Å². The van der Waals surface area contributed by atoms with Crippen molar-refractivity contribution in [2.45, 2.75) is 55.3 Å². The molecule has 2 aromatic carbocycles. The van der Waals surface area contributed by atoms with E-state index in [4.69, 9.17) is 0 Å². The van der Waals surface area contributed by atoms with Crippen molar-refractivity contribution in [3.63, 3.8) is 0 Å². The second-order valence-electron chi connectivity index (χ2n) is 9.68. The molecule has 0 saturated heterocycles. The molecular formula is C24H27NO2S. The van der Waals surface area contributed by atoms with Crippen molar-refractivity contribution in [2.24, 2.45) is 17.8 Å². The van der Waals surface area contributed by atoms with Crippen molar-refractivity contribution in [3.8, 4) is 0 Å². The van der Waals surface area contributed by atoms with Gasteiger partial charge in [-0.15, -0.1) is 0 Å². The second kappa shape index (κ2) is 5.85. The molecule has 0 N–H and O–H groups in total. The van der Waals surface area contributed by atoms with E-state index in [2.05, 4.69) is 12.1 Å². The largest absolute Gasteiger partial charge is 0.266 e. The van der Waals surface area contributed by atoms with Gasteiger partial charge in [-0.05, 0) is 97.4 Å². The standard InChI is InChI=1S/C24H27NO2S/c26-28(27,25-10-9-20-3-1-2-4-23(20)25)22-7-5-21(6-8-22)24-14-17-11-18(15-24)13-19(12-17)16-24/h1-8,17-19H,9-16H2. The number of rotatable bonds is 3. The molecule has 1 aliphatic heterocycles. The Bertz CT molecular complexity index is 990. The van der Waals surface area contributed by atoms with Gasteiger partial charge < -0.3 is 0 Å². The number of hydrogen-bond acceptors (Lipinski definition) is 2. The number of nitrogens with zero attached hydrogens (tertiary/aromatic N) is 1. The lowest BCUT2D eigenvalue weighted by molar-refractivity contribution is -0.00521. The van der Waals surface area contributed by atoms with Gasteiger partial charge in [0.2, 0.25) is 0 Å². The van der Waals surface area contributed by atoms with E-state index in [9.17, 15) is 8.42 Å². The number of fused-ring (bicyclic) bond motifs is 1. The minimum atomic E-state index is -3.49. The van der Waals surface area contributed by atoms with Crippen LogP contribution >= 0.6 is 0 Å². The fourth-order valence-corrected chi connectivity index (χ4v) is 8.63. The highest BCUT2D eigenvalue weighted by Crippen LogP contribution is 2.60. The molecule has 0 amide bonds. The second-order valence-corrected chi connectivity index (χ2v) is 11.5. The smallest absolute Gasteiger partial charge is 0.264 e. The van der Waals surface area contributed by atoms with Crippen LogP contribution in [0.2, 0.25) is 0 Å². The Morgan fingerprint density at radius 3 is 2.07 bits per heavy atom. The van der Waals surface area contributed by atoms with E-state index in [-0.39, 0.29) is 0 Å². The quantitative estimate of drug-likeness (QED) is 0.743. The lowest BCUT2D eigenvalue weighted by Gasteiger charge is -2.57. The van der Waals surface area contributed by atoms with Crippen LogP contribution in [0.4, 0.5) is 5.69 Å². The summed E-state index contributed by atoms with van der Waals surface area (Å²) < 4.78 is 28.2. The van der Waals surface area contributed by atoms with Gasteiger partial charge in [-0.25, -0.2) is 8.42 Å². The summed E-state index contributed by atoms with van der Waals surface area (Å²) in [5.41, 5.74) is 3.66. The molecular weight excluding hydrogens is 366 g/mol. The maximum absolute atomic E-state index is 13.3. The molecule has 7 rings (SSSR count). The molecule has 4 bridgehead atoms. The van der Waals surface area contributed by atoms with Gasteiger partial charge in [-0.3, -0.25) is 4.31 Å². The Hall–Kier alpha value is -1.81. The van der Waals surface area contributed by atoms with Crippen LogP contribution in [0.1, 0.15) is 49.7 Å². The van der Waals surface area contributed by atoms with Crippen LogP contribution in [0, 0.1) is 17.8 Å². The minimum absolute atomic E-state index is 0.317. The third-order valence-electron chi connectivity index (χ3n) is 7.94. The van der Waals surface area contributed by atoms with E-state index < -0.39 is 10.0 Å². The molecule has 0 unspecified atom stereocenters. The van der Waals surface area contributed by atoms with Crippen LogP contribution in [0.5, 0.6) is 0 Å². The van der Waals surface area contributed by atoms with Crippen LogP contribution in [0.15, 0.2) is 53.4 Å². The molecule has 0 atom stereocenters. The molecule has 4 heteroatoms. The first-order chi connectivity index (χ1) is 13.5. The van der Waals surface area contributed by atoms with E-state index >= 15 is 0 Å². The first kappa shape index (κ1) is 17.1. The Kier molecular flexibility index (Phi) is 3.57. The van der Waals surface area contributed by atoms with Gasteiger partial charge in [-0.2, -0.15) is 0 Å². The van der Waals surface area contributed by atoms with Gasteiger partial charge in [0, 0.05) is 6.54 Å². The monoisotopic (exact) mass is 393 g/mol. The number of sulfonamides is 1. The van der Waals surface area contributed by atoms with Crippen molar-refractivity contribution in [1.82, 2.24) is 0 Å². The molecule has 28 heavy (non-hydrogen) atoms. The molecule has 0 aromatic heterocycles. The normalized spacial score (nSPS) is 33.3. The Morgan fingerprint density at radius 2 is 1.43 bits per heavy atom. The zero-order valence-corrected chi connectivity index (χ0v) is 17.0. The average Bonchev–Trinajstić information content (AvgIpc) is 3.12. The Balaban J connectivity index is 1.32. The fraction of sp³-hybridized carbons (Fsp3) is 0.500. The zero-order valence-electron chi connectivity index (χ0n) is 16.2. The zero-order chi connectivity index (χ0) is 18.9. The third kappa shape index (κ3) is 2.43. The first-order valence-electron chi connectivity index (χ1n) is 10.7. The molecule has 4 aliphatic carbocycles. The summed E-state index contributed by atoms with van der Waals surface area (Å²) in [6.07, 6.45) is 9.01. The summed E-state index contributed by atoms with van der Waals surface area (Å²) >= 11 is 0. The summed E-state index contributed by atoms with van der Waals surface area (Å²) in [5.74, 6) is 2.70. The molecule has 1 heterocycles. The highest BCUT2D eigenvalue weighted by molar-refractivity contribution is 7.92. The lowest BCUT2D eigenvalue weighted by atomic mass is 9.48. The van der Waals surface area contributed by atoms with E-state index in [0.717, 1.165) is 35.4 Å². The predicted octanol–water partition coefficient (Wildman–Crippen LogP) is 4.91. The highest BCUT2D eigenvalue weighted by atomic mass is 32.2. The molecule has 0 radical (unpaired) electrons. The van der Waals surface area contributed by atoms with E-state index in [1.807, 2.05) is 36.4 Å². The van der Waals surface area contributed by atoms with E-state index in [0.29, 0.717) is 16.9 Å². The number of anilines is 1. The molecule has 4 saturated carbocycles.